The maximum Gasteiger partial charge on any atom is 0.0951 e. The SMILES string of the molecule is CC1(C)CN(Cc2cncn2Cc2ccccc2)CC[C@]1(C)O. The number of aromatic nitrogens is 2. The number of piperidine rings is 1. The van der Waals surface area contributed by atoms with Crippen molar-refractivity contribution in [1.29, 1.82) is 0 Å². The van der Waals surface area contributed by atoms with Crippen molar-refractivity contribution in [2.45, 2.75) is 45.9 Å². The summed E-state index contributed by atoms with van der Waals surface area (Å²) in [5, 5.41) is 10.6. The minimum Gasteiger partial charge on any atom is -0.390 e. The molecule has 2 aromatic rings. The van der Waals surface area contributed by atoms with Crippen LogP contribution in [0.4, 0.5) is 0 Å². The first-order valence-electron chi connectivity index (χ1n) is 8.35. The quantitative estimate of drug-likeness (QED) is 0.943. The number of hydrogen-bond acceptors (Lipinski definition) is 3. The molecule has 1 aliphatic rings. The van der Waals surface area contributed by atoms with Crippen LogP contribution in [-0.2, 0) is 13.1 Å². The van der Waals surface area contributed by atoms with Crippen LogP contribution < -0.4 is 0 Å². The highest BCUT2D eigenvalue weighted by Crippen LogP contribution is 2.38. The normalized spacial score (nSPS) is 24.7. The number of rotatable bonds is 4. The van der Waals surface area contributed by atoms with Gasteiger partial charge < -0.3 is 9.67 Å². The van der Waals surface area contributed by atoms with Crippen LogP contribution in [0.15, 0.2) is 42.9 Å². The number of aliphatic hydroxyl groups is 1. The van der Waals surface area contributed by atoms with Gasteiger partial charge in [-0.25, -0.2) is 4.98 Å². The molecule has 0 unspecified atom stereocenters. The summed E-state index contributed by atoms with van der Waals surface area (Å²) < 4.78 is 2.22. The van der Waals surface area contributed by atoms with Gasteiger partial charge >= 0.3 is 0 Å². The molecule has 0 spiro atoms. The Morgan fingerprint density at radius 2 is 1.87 bits per heavy atom. The Hall–Kier alpha value is -1.65. The summed E-state index contributed by atoms with van der Waals surface area (Å²) in [5.74, 6) is 0. The summed E-state index contributed by atoms with van der Waals surface area (Å²) >= 11 is 0. The summed E-state index contributed by atoms with van der Waals surface area (Å²) in [7, 11) is 0. The van der Waals surface area contributed by atoms with Crippen molar-refractivity contribution < 1.29 is 5.11 Å². The van der Waals surface area contributed by atoms with Crippen LogP contribution in [0.3, 0.4) is 0 Å². The Morgan fingerprint density at radius 3 is 2.57 bits per heavy atom. The molecule has 4 heteroatoms. The number of imidazole rings is 1. The molecule has 1 N–H and O–H groups in total. The van der Waals surface area contributed by atoms with Crippen LogP contribution in [0.2, 0.25) is 0 Å². The van der Waals surface area contributed by atoms with Gasteiger partial charge in [0.15, 0.2) is 0 Å². The monoisotopic (exact) mass is 313 g/mol. The number of likely N-dealkylation sites (tertiary alicyclic amines) is 1. The Kier molecular flexibility index (Phi) is 4.30. The van der Waals surface area contributed by atoms with Crippen molar-refractivity contribution in [2.24, 2.45) is 5.41 Å². The molecule has 0 radical (unpaired) electrons. The van der Waals surface area contributed by atoms with Crippen LogP contribution in [0.1, 0.15) is 38.4 Å². The molecule has 0 bridgehead atoms. The van der Waals surface area contributed by atoms with Gasteiger partial charge in [0.2, 0.25) is 0 Å². The van der Waals surface area contributed by atoms with Crippen LogP contribution in [0, 0.1) is 5.41 Å². The molecule has 1 aromatic heterocycles. The van der Waals surface area contributed by atoms with Gasteiger partial charge in [-0.05, 0) is 18.9 Å². The first-order valence-corrected chi connectivity index (χ1v) is 8.35. The lowest BCUT2D eigenvalue weighted by molar-refractivity contribution is -0.107. The lowest BCUT2D eigenvalue weighted by Gasteiger charge is -2.48. The molecule has 1 atom stereocenters. The standard InChI is InChI=1S/C19H27N3O/c1-18(2)14-21(10-9-19(18,3)23)13-17-11-20-15-22(17)12-16-7-5-4-6-8-16/h4-8,11,15,23H,9-10,12-14H2,1-3H3/t19-/m0/s1. The molecule has 0 saturated carbocycles. The fraction of sp³-hybridized carbons (Fsp3) is 0.526. The summed E-state index contributed by atoms with van der Waals surface area (Å²) in [4.78, 5) is 6.76. The van der Waals surface area contributed by atoms with Crippen molar-refractivity contribution in [2.75, 3.05) is 13.1 Å². The fourth-order valence-corrected chi connectivity index (χ4v) is 3.29. The van der Waals surface area contributed by atoms with E-state index in [2.05, 4.69) is 52.6 Å². The number of benzene rings is 1. The minimum absolute atomic E-state index is 0.102. The minimum atomic E-state index is -0.590. The smallest absolute Gasteiger partial charge is 0.0951 e. The van der Waals surface area contributed by atoms with Crippen LogP contribution in [-0.4, -0.2) is 38.2 Å². The zero-order valence-electron chi connectivity index (χ0n) is 14.4. The van der Waals surface area contributed by atoms with Crippen LogP contribution in [0.5, 0.6) is 0 Å². The highest BCUT2D eigenvalue weighted by atomic mass is 16.3. The van der Waals surface area contributed by atoms with Crippen molar-refractivity contribution in [1.82, 2.24) is 14.5 Å². The Balaban J connectivity index is 1.69. The lowest BCUT2D eigenvalue weighted by atomic mass is 9.71. The third-order valence-electron chi connectivity index (χ3n) is 5.37. The molecule has 0 aliphatic carbocycles. The zero-order chi connectivity index (χ0) is 16.5. The molecular formula is C19H27N3O. The average molecular weight is 313 g/mol. The van der Waals surface area contributed by atoms with E-state index in [1.165, 1.54) is 11.3 Å². The zero-order valence-corrected chi connectivity index (χ0v) is 14.4. The van der Waals surface area contributed by atoms with Gasteiger partial charge in [-0.2, -0.15) is 0 Å². The fourth-order valence-electron chi connectivity index (χ4n) is 3.29. The third kappa shape index (κ3) is 3.48. The van der Waals surface area contributed by atoms with Crippen molar-refractivity contribution in [3.8, 4) is 0 Å². The van der Waals surface area contributed by atoms with Crippen molar-refractivity contribution in [3.05, 3.63) is 54.1 Å². The topological polar surface area (TPSA) is 41.3 Å². The van der Waals surface area contributed by atoms with Gasteiger partial charge in [0.05, 0.1) is 17.6 Å². The molecule has 1 saturated heterocycles. The highest BCUT2D eigenvalue weighted by molar-refractivity contribution is 5.16. The molecule has 2 heterocycles. The molecule has 4 nitrogen and oxygen atoms in total. The van der Waals surface area contributed by atoms with Crippen LogP contribution >= 0.6 is 0 Å². The van der Waals surface area contributed by atoms with Crippen molar-refractivity contribution >= 4 is 0 Å². The van der Waals surface area contributed by atoms with E-state index in [9.17, 15) is 5.11 Å². The maximum absolute atomic E-state index is 10.6. The van der Waals surface area contributed by atoms with Gasteiger partial charge in [-0.1, -0.05) is 44.2 Å². The second kappa shape index (κ2) is 6.10. The van der Waals surface area contributed by atoms with E-state index in [-0.39, 0.29) is 5.41 Å². The predicted octanol–water partition coefficient (Wildman–Crippen LogP) is 2.91. The van der Waals surface area contributed by atoms with E-state index < -0.39 is 5.60 Å². The molecule has 1 fully saturated rings. The van der Waals surface area contributed by atoms with Gasteiger partial charge in [-0.3, -0.25) is 4.90 Å². The van der Waals surface area contributed by atoms with E-state index in [0.717, 1.165) is 32.6 Å². The van der Waals surface area contributed by atoms with Gasteiger partial charge in [-0.15, -0.1) is 0 Å². The van der Waals surface area contributed by atoms with E-state index in [1.807, 2.05) is 25.5 Å². The largest absolute Gasteiger partial charge is 0.390 e. The number of nitrogens with zero attached hydrogens (tertiary/aromatic N) is 3. The summed E-state index contributed by atoms with van der Waals surface area (Å²) in [6.07, 6.45) is 4.68. The molecule has 3 rings (SSSR count). The number of hydrogen-bond donors (Lipinski definition) is 1. The average Bonchev–Trinajstić information content (AvgIpc) is 2.91. The molecule has 23 heavy (non-hydrogen) atoms. The summed E-state index contributed by atoms with van der Waals surface area (Å²) in [6, 6.07) is 10.5. The Labute approximate surface area is 138 Å². The maximum atomic E-state index is 10.6. The summed E-state index contributed by atoms with van der Waals surface area (Å²) in [6.45, 7) is 9.83. The lowest BCUT2D eigenvalue weighted by Crippen LogP contribution is -2.55. The first-order chi connectivity index (χ1) is 10.9. The predicted molar refractivity (Wildman–Crippen MR) is 92.1 cm³/mol. The second-order valence-corrected chi connectivity index (χ2v) is 7.62. The van der Waals surface area contributed by atoms with Gasteiger partial charge in [0.1, 0.15) is 0 Å². The van der Waals surface area contributed by atoms with Crippen molar-refractivity contribution in [3.63, 3.8) is 0 Å². The van der Waals surface area contributed by atoms with Gasteiger partial charge in [0, 0.05) is 37.8 Å². The highest BCUT2D eigenvalue weighted by Gasteiger charge is 2.43. The Bertz CT molecular complexity index is 646. The van der Waals surface area contributed by atoms with E-state index in [4.69, 9.17) is 0 Å². The second-order valence-electron chi connectivity index (χ2n) is 7.62. The molecule has 1 aliphatic heterocycles. The molecule has 0 amide bonds. The summed E-state index contributed by atoms with van der Waals surface area (Å²) in [5.41, 5.74) is 1.82. The third-order valence-corrected chi connectivity index (χ3v) is 5.37. The van der Waals surface area contributed by atoms with E-state index in [1.54, 1.807) is 0 Å². The Morgan fingerprint density at radius 1 is 1.13 bits per heavy atom. The van der Waals surface area contributed by atoms with E-state index in [0.29, 0.717) is 0 Å². The van der Waals surface area contributed by atoms with Gasteiger partial charge in [0.25, 0.3) is 0 Å². The molecular weight excluding hydrogens is 286 g/mol. The first kappa shape index (κ1) is 16.2. The molecule has 1 aromatic carbocycles. The van der Waals surface area contributed by atoms with Crippen LogP contribution in [0.25, 0.3) is 0 Å². The van der Waals surface area contributed by atoms with E-state index >= 15 is 0 Å². The molecule has 124 valence electrons.